The van der Waals surface area contributed by atoms with Crippen LogP contribution in [0.25, 0.3) is 22.2 Å². The van der Waals surface area contributed by atoms with Gasteiger partial charge in [-0.25, -0.2) is 13.2 Å². The van der Waals surface area contributed by atoms with Crippen LogP contribution in [-0.2, 0) is 12.7 Å². The molecule has 1 saturated heterocycles. The molecule has 0 saturated carbocycles. The number of fused-ring (bicyclic) bond motifs is 1. The van der Waals surface area contributed by atoms with Crippen LogP contribution in [0.5, 0.6) is 11.5 Å². The molecule has 5 aromatic rings. The molecule has 11 heteroatoms. The van der Waals surface area contributed by atoms with Gasteiger partial charge in [0.1, 0.15) is 34.5 Å². The molecule has 6 rings (SSSR count). The number of ether oxygens (including phenoxy) is 1. The second-order valence-corrected chi connectivity index (χ2v) is 10.6. The van der Waals surface area contributed by atoms with Crippen molar-refractivity contribution in [2.45, 2.75) is 32.0 Å². The lowest BCUT2D eigenvalue weighted by Crippen LogP contribution is -2.35. The van der Waals surface area contributed by atoms with Crippen molar-refractivity contribution in [1.29, 1.82) is 0 Å². The van der Waals surface area contributed by atoms with Crippen molar-refractivity contribution in [1.82, 2.24) is 14.7 Å². The van der Waals surface area contributed by atoms with E-state index in [-0.39, 0.29) is 17.0 Å². The Hall–Kier alpha value is -4.80. The van der Waals surface area contributed by atoms with Gasteiger partial charge < -0.3 is 9.64 Å². The lowest BCUT2D eigenvalue weighted by atomic mass is 10.0. The highest BCUT2D eigenvalue weighted by molar-refractivity contribution is 5.96. The summed E-state index contributed by atoms with van der Waals surface area (Å²) in [7, 11) is 0. The first-order chi connectivity index (χ1) is 21.1. The molecule has 1 fully saturated rings. The molecule has 1 amide bonds. The van der Waals surface area contributed by atoms with Crippen LogP contribution >= 0.6 is 0 Å². The monoisotopic (exact) mass is 609 g/mol. The molecular weight excluding hydrogens is 584 g/mol. The van der Waals surface area contributed by atoms with Crippen molar-refractivity contribution < 1.29 is 35.9 Å². The van der Waals surface area contributed by atoms with Crippen molar-refractivity contribution in [3.8, 4) is 22.8 Å². The van der Waals surface area contributed by atoms with E-state index in [1.807, 2.05) is 4.90 Å². The lowest BCUT2D eigenvalue weighted by molar-refractivity contribution is -0.136. The number of nitrogens with zero attached hydrogens (tertiary/aromatic N) is 3. The third kappa shape index (κ3) is 5.86. The standard InChI is InChI=1S/C33H25F6N3O2/c34-22-17-28(35)26(29(36)18-22)19-42-31(25-8-5-9-27(30(25)40-42)33(37,38)39)20-10-12-23(13-11-20)44-24-7-4-6-21(16-24)32(43)41-14-2-1-3-15-41/h4-13,16-18H,1-3,14-15,19H2. The molecular formula is C33H25F6N3O2. The van der Waals surface area contributed by atoms with Crippen LogP contribution < -0.4 is 4.74 Å². The zero-order valence-corrected chi connectivity index (χ0v) is 23.2. The van der Waals surface area contributed by atoms with Crippen molar-refractivity contribution in [3.63, 3.8) is 0 Å². The van der Waals surface area contributed by atoms with Crippen LogP contribution in [0.15, 0.2) is 78.9 Å². The van der Waals surface area contributed by atoms with Crippen LogP contribution in [0, 0.1) is 17.5 Å². The first-order valence-corrected chi connectivity index (χ1v) is 14.0. The Labute approximate surface area is 248 Å². The Morgan fingerprint density at radius 1 is 0.818 bits per heavy atom. The van der Waals surface area contributed by atoms with Gasteiger partial charge >= 0.3 is 6.18 Å². The molecule has 1 aromatic heterocycles. The molecule has 1 aliphatic heterocycles. The van der Waals surface area contributed by atoms with Crippen LogP contribution in [-0.4, -0.2) is 33.7 Å². The largest absolute Gasteiger partial charge is 0.457 e. The van der Waals surface area contributed by atoms with Crippen molar-refractivity contribution in [2.24, 2.45) is 0 Å². The number of carbonyl (C=O) groups is 1. The summed E-state index contributed by atoms with van der Waals surface area (Å²) in [5, 5.41) is 4.22. The number of hydrogen-bond acceptors (Lipinski definition) is 3. The average molecular weight is 610 g/mol. The Morgan fingerprint density at radius 3 is 2.18 bits per heavy atom. The van der Waals surface area contributed by atoms with Crippen molar-refractivity contribution >= 4 is 16.8 Å². The molecule has 0 N–H and O–H groups in total. The van der Waals surface area contributed by atoms with Gasteiger partial charge in [0.15, 0.2) is 0 Å². The molecule has 2 heterocycles. The minimum atomic E-state index is -4.73. The van der Waals surface area contributed by atoms with Gasteiger partial charge in [-0.05, 0) is 67.8 Å². The summed E-state index contributed by atoms with van der Waals surface area (Å²) in [5.41, 5.74) is -0.876. The van der Waals surface area contributed by atoms with E-state index < -0.39 is 46.8 Å². The molecule has 0 radical (unpaired) electrons. The maximum atomic E-state index is 14.6. The molecule has 0 aliphatic carbocycles. The highest BCUT2D eigenvalue weighted by Gasteiger charge is 2.35. The predicted molar refractivity (Wildman–Crippen MR) is 152 cm³/mol. The van der Waals surface area contributed by atoms with Gasteiger partial charge in [-0.2, -0.15) is 18.3 Å². The second kappa shape index (κ2) is 11.7. The molecule has 0 spiro atoms. The van der Waals surface area contributed by atoms with Crippen LogP contribution in [0.2, 0.25) is 0 Å². The van der Waals surface area contributed by atoms with Crippen LogP contribution in [0.1, 0.15) is 40.7 Å². The third-order valence-corrected chi connectivity index (χ3v) is 7.58. The van der Waals surface area contributed by atoms with Gasteiger partial charge in [0.2, 0.25) is 0 Å². The van der Waals surface area contributed by atoms with Gasteiger partial charge in [0.05, 0.1) is 17.8 Å². The number of benzene rings is 4. The second-order valence-electron chi connectivity index (χ2n) is 10.6. The quantitative estimate of drug-likeness (QED) is 0.181. The fourth-order valence-corrected chi connectivity index (χ4v) is 5.46. The SMILES string of the molecule is O=C(c1cccc(Oc2ccc(-c3c4cccc(C(F)(F)F)c4nn3Cc3c(F)cc(F)cc3F)cc2)c1)N1CCCCC1. The third-order valence-electron chi connectivity index (χ3n) is 7.58. The van der Waals surface area contributed by atoms with E-state index in [0.29, 0.717) is 47.8 Å². The van der Waals surface area contributed by atoms with Gasteiger partial charge in [0.25, 0.3) is 5.91 Å². The summed E-state index contributed by atoms with van der Waals surface area (Å²) in [5.74, 6) is -2.75. The summed E-state index contributed by atoms with van der Waals surface area (Å²) in [4.78, 5) is 14.7. The Balaban J connectivity index is 1.34. The van der Waals surface area contributed by atoms with Gasteiger partial charge in [-0.15, -0.1) is 0 Å². The Bertz CT molecular complexity index is 1820. The summed E-state index contributed by atoms with van der Waals surface area (Å²) >= 11 is 0. The highest BCUT2D eigenvalue weighted by Crippen LogP contribution is 2.39. The molecule has 1 aliphatic rings. The summed E-state index contributed by atoms with van der Waals surface area (Å²) in [6, 6.07) is 17.7. The first kappa shape index (κ1) is 29.3. The topological polar surface area (TPSA) is 47.4 Å². The van der Waals surface area contributed by atoms with E-state index in [2.05, 4.69) is 5.10 Å². The number of halogens is 6. The van der Waals surface area contributed by atoms with Crippen molar-refractivity contribution in [3.05, 3.63) is 113 Å². The summed E-state index contributed by atoms with van der Waals surface area (Å²) < 4.78 is 91.2. The molecule has 4 aromatic carbocycles. The molecule has 0 bridgehead atoms. The summed E-state index contributed by atoms with van der Waals surface area (Å²) in [6.07, 6.45) is -1.70. The number of alkyl halides is 3. The fraction of sp³-hybridized carbons (Fsp3) is 0.212. The maximum Gasteiger partial charge on any atom is 0.418 e. The van der Waals surface area contributed by atoms with E-state index in [4.69, 9.17) is 4.74 Å². The number of carbonyl (C=O) groups excluding carboxylic acids is 1. The normalized spacial score (nSPS) is 13.8. The smallest absolute Gasteiger partial charge is 0.418 e. The average Bonchev–Trinajstić information content (AvgIpc) is 3.37. The Kier molecular flexibility index (Phi) is 7.79. The highest BCUT2D eigenvalue weighted by atomic mass is 19.4. The fourth-order valence-electron chi connectivity index (χ4n) is 5.46. The molecule has 0 atom stereocenters. The van der Waals surface area contributed by atoms with Gasteiger partial charge in [-0.1, -0.05) is 18.2 Å². The molecule has 226 valence electrons. The van der Waals surface area contributed by atoms with Crippen molar-refractivity contribution in [2.75, 3.05) is 13.1 Å². The number of rotatable bonds is 6. The van der Waals surface area contributed by atoms with Crippen LogP contribution in [0.4, 0.5) is 26.3 Å². The van der Waals surface area contributed by atoms with E-state index in [0.717, 1.165) is 30.0 Å². The van der Waals surface area contributed by atoms with E-state index in [1.54, 1.807) is 48.5 Å². The predicted octanol–water partition coefficient (Wildman–Crippen LogP) is 8.61. The van der Waals surface area contributed by atoms with Gasteiger partial charge in [-0.3, -0.25) is 9.48 Å². The number of hydrogen-bond donors (Lipinski definition) is 0. The Morgan fingerprint density at radius 2 is 1.50 bits per heavy atom. The number of amides is 1. The lowest BCUT2D eigenvalue weighted by Gasteiger charge is -2.26. The zero-order valence-electron chi connectivity index (χ0n) is 23.2. The van der Waals surface area contributed by atoms with Crippen LogP contribution in [0.3, 0.4) is 0 Å². The molecule has 0 unspecified atom stereocenters. The number of likely N-dealkylation sites (tertiary alicyclic amines) is 1. The minimum Gasteiger partial charge on any atom is -0.457 e. The van der Waals surface area contributed by atoms with E-state index in [1.165, 1.54) is 12.1 Å². The maximum absolute atomic E-state index is 14.6. The minimum absolute atomic E-state index is 0.0714. The first-order valence-electron chi connectivity index (χ1n) is 14.0. The van der Waals surface area contributed by atoms with E-state index >= 15 is 0 Å². The van der Waals surface area contributed by atoms with Gasteiger partial charge in [0, 0.05) is 47.3 Å². The number of piperidine rings is 1. The van der Waals surface area contributed by atoms with E-state index in [9.17, 15) is 31.1 Å². The molecule has 5 nitrogen and oxygen atoms in total. The zero-order chi connectivity index (χ0) is 31.0. The number of aromatic nitrogens is 2. The molecule has 44 heavy (non-hydrogen) atoms. The summed E-state index contributed by atoms with van der Waals surface area (Å²) in [6.45, 7) is 0.832.